The van der Waals surface area contributed by atoms with Gasteiger partial charge in [-0.15, -0.1) is 12.6 Å². The highest BCUT2D eigenvalue weighted by atomic mass is 32.1. The Balaban J connectivity index is 1.78. The minimum Gasteiger partial charge on any atom is -0.455 e. The molecule has 0 N–H and O–H groups in total. The predicted octanol–water partition coefficient (Wildman–Crippen LogP) is 3.46. The van der Waals surface area contributed by atoms with Crippen LogP contribution in [0.3, 0.4) is 0 Å². The number of benzene rings is 1. The third kappa shape index (κ3) is 1.97. The largest absolute Gasteiger partial charge is 0.455 e. The third-order valence-electron chi connectivity index (χ3n) is 4.11. The van der Waals surface area contributed by atoms with Crippen molar-refractivity contribution < 1.29 is 9.53 Å². The molecule has 3 rings (SSSR count). The summed E-state index contributed by atoms with van der Waals surface area (Å²) >= 11 is 4.30. The molecule has 2 saturated carbocycles. The molecule has 2 bridgehead atoms. The summed E-state index contributed by atoms with van der Waals surface area (Å²) in [5.41, 5.74) is 0.429. The zero-order valence-electron chi connectivity index (χ0n) is 9.69. The molecule has 2 nitrogen and oxygen atoms in total. The molecule has 0 aliphatic heterocycles. The lowest BCUT2D eigenvalue weighted by Crippen LogP contribution is -2.30. The average Bonchev–Trinajstić information content (AvgIpc) is 2.89. The van der Waals surface area contributed by atoms with Crippen molar-refractivity contribution in [2.24, 2.45) is 5.92 Å². The molecule has 2 fully saturated rings. The Morgan fingerprint density at radius 1 is 1.29 bits per heavy atom. The lowest BCUT2D eigenvalue weighted by molar-refractivity contribution is -0.0135. The second-order valence-electron chi connectivity index (χ2n) is 5.24. The van der Waals surface area contributed by atoms with E-state index in [4.69, 9.17) is 4.74 Å². The second-order valence-corrected chi connectivity index (χ2v) is 5.72. The van der Waals surface area contributed by atoms with Gasteiger partial charge in [0.1, 0.15) is 5.60 Å². The minimum absolute atomic E-state index is 0.155. The van der Waals surface area contributed by atoms with Crippen LogP contribution in [0.2, 0.25) is 0 Å². The van der Waals surface area contributed by atoms with Crippen LogP contribution in [0.4, 0.5) is 0 Å². The molecule has 0 spiro atoms. The van der Waals surface area contributed by atoms with E-state index in [0.29, 0.717) is 10.5 Å². The first kappa shape index (κ1) is 11.1. The molecule has 0 aromatic heterocycles. The summed E-state index contributed by atoms with van der Waals surface area (Å²) in [5, 5.41) is 0. The highest BCUT2D eigenvalue weighted by Crippen LogP contribution is 2.50. The van der Waals surface area contributed by atoms with Gasteiger partial charge in [-0.1, -0.05) is 12.1 Å². The van der Waals surface area contributed by atoms with E-state index in [1.807, 2.05) is 18.2 Å². The van der Waals surface area contributed by atoms with Crippen LogP contribution in [0, 0.1) is 5.92 Å². The Morgan fingerprint density at radius 3 is 2.59 bits per heavy atom. The Bertz CT molecular complexity index is 447. The van der Waals surface area contributed by atoms with Crippen LogP contribution >= 0.6 is 12.6 Å². The van der Waals surface area contributed by atoms with E-state index in [1.165, 1.54) is 12.8 Å². The fourth-order valence-corrected chi connectivity index (χ4v) is 3.43. The summed E-state index contributed by atoms with van der Waals surface area (Å²) < 4.78 is 5.77. The molecule has 0 radical (unpaired) electrons. The standard InChI is InChI=1S/C14H16O2S/c15-13(11-3-1-2-4-12(11)17)16-14-7-5-10(9-14)6-8-14/h1-4,10,17H,5-9H2. The third-order valence-corrected chi connectivity index (χ3v) is 4.50. The van der Waals surface area contributed by atoms with E-state index in [9.17, 15) is 4.79 Å². The average molecular weight is 248 g/mol. The summed E-state index contributed by atoms with van der Waals surface area (Å²) in [6.07, 6.45) is 5.58. The maximum atomic E-state index is 12.1. The number of hydrogen-bond donors (Lipinski definition) is 1. The van der Waals surface area contributed by atoms with E-state index in [0.717, 1.165) is 25.2 Å². The summed E-state index contributed by atoms with van der Waals surface area (Å²) in [4.78, 5) is 12.8. The summed E-state index contributed by atoms with van der Waals surface area (Å²) in [7, 11) is 0. The van der Waals surface area contributed by atoms with Gasteiger partial charge in [-0.25, -0.2) is 4.79 Å². The van der Waals surface area contributed by atoms with Gasteiger partial charge < -0.3 is 4.74 Å². The van der Waals surface area contributed by atoms with Crippen LogP contribution in [0.5, 0.6) is 0 Å². The summed E-state index contributed by atoms with van der Waals surface area (Å²) in [6.45, 7) is 0. The van der Waals surface area contributed by atoms with Gasteiger partial charge in [-0.2, -0.15) is 0 Å². The molecule has 0 unspecified atom stereocenters. The first-order chi connectivity index (χ1) is 8.19. The molecule has 3 heteroatoms. The molecule has 0 saturated heterocycles. The van der Waals surface area contributed by atoms with Gasteiger partial charge in [0, 0.05) is 4.90 Å². The molecule has 17 heavy (non-hydrogen) atoms. The first-order valence-corrected chi connectivity index (χ1v) is 6.65. The van der Waals surface area contributed by atoms with Crippen molar-refractivity contribution in [3.8, 4) is 0 Å². The van der Waals surface area contributed by atoms with Crippen molar-refractivity contribution in [1.29, 1.82) is 0 Å². The topological polar surface area (TPSA) is 26.3 Å². The monoisotopic (exact) mass is 248 g/mol. The van der Waals surface area contributed by atoms with E-state index in [1.54, 1.807) is 6.07 Å². The van der Waals surface area contributed by atoms with Crippen molar-refractivity contribution in [2.75, 3.05) is 0 Å². The van der Waals surface area contributed by atoms with Crippen LogP contribution in [0.1, 0.15) is 42.5 Å². The molecule has 90 valence electrons. The number of hydrogen-bond acceptors (Lipinski definition) is 3. The number of carbonyl (C=O) groups excluding carboxylic acids is 1. The van der Waals surface area contributed by atoms with Crippen LogP contribution in [0.25, 0.3) is 0 Å². The highest BCUT2D eigenvalue weighted by Gasteiger charge is 2.47. The van der Waals surface area contributed by atoms with Gasteiger partial charge in [-0.05, 0) is 50.2 Å². The number of carbonyl (C=O) groups is 1. The van der Waals surface area contributed by atoms with Crippen molar-refractivity contribution in [3.05, 3.63) is 29.8 Å². The van der Waals surface area contributed by atoms with Crippen molar-refractivity contribution >= 4 is 18.6 Å². The smallest absolute Gasteiger partial charge is 0.339 e. The Morgan fingerprint density at radius 2 is 2.00 bits per heavy atom. The first-order valence-electron chi connectivity index (χ1n) is 6.20. The maximum Gasteiger partial charge on any atom is 0.339 e. The number of esters is 1. The number of fused-ring (bicyclic) bond motifs is 2. The summed E-state index contributed by atoms with van der Waals surface area (Å²) in [5.74, 6) is 0.576. The molecular weight excluding hydrogens is 232 g/mol. The number of rotatable bonds is 2. The Labute approximate surface area is 107 Å². The maximum absolute atomic E-state index is 12.1. The number of ether oxygens (including phenoxy) is 1. The van der Waals surface area contributed by atoms with Gasteiger partial charge in [0.2, 0.25) is 0 Å². The van der Waals surface area contributed by atoms with Crippen molar-refractivity contribution in [3.63, 3.8) is 0 Å². The zero-order chi connectivity index (χ0) is 11.9. The highest BCUT2D eigenvalue weighted by molar-refractivity contribution is 7.80. The molecule has 2 aliphatic rings. The molecule has 1 aromatic carbocycles. The van der Waals surface area contributed by atoms with Gasteiger partial charge >= 0.3 is 5.97 Å². The summed E-state index contributed by atoms with van der Waals surface area (Å²) in [6, 6.07) is 7.32. The van der Waals surface area contributed by atoms with Gasteiger partial charge in [0.05, 0.1) is 5.56 Å². The van der Waals surface area contributed by atoms with Gasteiger partial charge in [-0.3, -0.25) is 0 Å². The van der Waals surface area contributed by atoms with E-state index < -0.39 is 0 Å². The lowest BCUT2D eigenvalue weighted by Gasteiger charge is -2.26. The van der Waals surface area contributed by atoms with Crippen LogP contribution < -0.4 is 0 Å². The molecule has 0 heterocycles. The molecule has 2 aliphatic carbocycles. The molecule has 0 amide bonds. The van der Waals surface area contributed by atoms with E-state index in [-0.39, 0.29) is 11.6 Å². The normalized spacial score (nSPS) is 30.5. The van der Waals surface area contributed by atoms with Gasteiger partial charge in [0.25, 0.3) is 0 Å². The fourth-order valence-electron chi connectivity index (χ4n) is 3.18. The zero-order valence-corrected chi connectivity index (χ0v) is 10.6. The minimum atomic E-state index is -0.210. The molecular formula is C14H16O2S. The van der Waals surface area contributed by atoms with Crippen LogP contribution in [-0.4, -0.2) is 11.6 Å². The Hall–Kier alpha value is -0.960. The quantitative estimate of drug-likeness (QED) is 0.640. The van der Waals surface area contributed by atoms with Gasteiger partial charge in [0.15, 0.2) is 0 Å². The molecule has 0 atom stereocenters. The number of thiol groups is 1. The van der Waals surface area contributed by atoms with E-state index >= 15 is 0 Å². The Kier molecular flexibility index (Phi) is 2.66. The molecule has 1 aromatic rings. The van der Waals surface area contributed by atoms with Crippen molar-refractivity contribution in [2.45, 2.75) is 42.6 Å². The second kappa shape index (κ2) is 4.05. The lowest BCUT2D eigenvalue weighted by atomic mass is 9.97. The SMILES string of the molecule is O=C(OC12CCC(CC1)C2)c1ccccc1S. The predicted molar refractivity (Wildman–Crippen MR) is 68.4 cm³/mol. The van der Waals surface area contributed by atoms with E-state index in [2.05, 4.69) is 12.6 Å². The fraction of sp³-hybridized carbons (Fsp3) is 0.500. The van der Waals surface area contributed by atoms with Crippen molar-refractivity contribution in [1.82, 2.24) is 0 Å². The van der Waals surface area contributed by atoms with Crippen LogP contribution in [-0.2, 0) is 4.74 Å². The van der Waals surface area contributed by atoms with Crippen LogP contribution in [0.15, 0.2) is 29.2 Å².